The Kier molecular flexibility index (Phi) is 9.91. The fraction of sp³-hybridized carbons (Fsp3) is 0.261. The van der Waals surface area contributed by atoms with E-state index in [1.165, 1.54) is 18.2 Å². The number of aryl methyl sites for hydroxylation is 1. The lowest BCUT2D eigenvalue weighted by atomic mass is 9.96. The van der Waals surface area contributed by atoms with E-state index in [2.05, 4.69) is 6.58 Å². The minimum absolute atomic E-state index is 0.0170. The molecule has 1 unspecified atom stereocenters. The van der Waals surface area contributed by atoms with E-state index in [-0.39, 0.29) is 20.6 Å². The lowest BCUT2D eigenvalue weighted by molar-refractivity contribution is -0.139. The number of rotatable bonds is 9. The Labute approximate surface area is 205 Å². The van der Waals surface area contributed by atoms with E-state index in [0.29, 0.717) is 23.4 Å². The number of allylic oxidation sites excluding steroid dienone is 2. The maximum absolute atomic E-state index is 13.7. The van der Waals surface area contributed by atoms with Gasteiger partial charge < -0.3 is 0 Å². The summed E-state index contributed by atoms with van der Waals surface area (Å²) in [6.45, 7) is 3.67. The molecule has 0 saturated carbocycles. The van der Waals surface area contributed by atoms with Gasteiger partial charge in [-0.15, -0.1) is 6.58 Å². The predicted octanol–water partition coefficient (Wildman–Crippen LogP) is 9.93. The van der Waals surface area contributed by atoms with E-state index in [9.17, 15) is 13.2 Å². The highest BCUT2D eigenvalue weighted by Gasteiger charge is 2.39. The number of thiocarbonyl (C=S) groups is 1. The van der Waals surface area contributed by atoms with Crippen molar-refractivity contribution in [3.63, 3.8) is 0 Å². The number of hydrogen-bond acceptors (Lipinski definition) is 1. The maximum Gasteiger partial charge on any atom is 0.399 e. The molecule has 0 radical (unpaired) electrons. The lowest BCUT2D eigenvalue weighted by Crippen LogP contribution is -2.19. The minimum atomic E-state index is -4.54. The van der Waals surface area contributed by atoms with Crippen LogP contribution in [0.25, 0.3) is 6.08 Å². The molecule has 2 aromatic rings. The molecule has 2 rings (SSSR count). The van der Waals surface area contributed by atoms with Crippen molar-refractivity contribution in [2.45, 2.75) is 37.8 Å². The molecule has 2 aromatic carbocycles. The van der Waals surface area contributed by atoms with Crippen molar-refractivity contribution in [1.82, 2.24) is 0 Å². The SMILES string of the molecule is C=CCCC(=S)CCc1ccc(/C=C/C(c2cc(Cl)c(Cl)c(Cl)c2)C(F)(F)F)cc1Cl. The molecule has 0 bridgehead atoms. The first-order valence-corrected chi connectivity index (χ1v) is 11.2. The van der Waals surface area contributed by atoms with Crippen molar-refractivity contribution in [2.75, 3.05) is 0 Å². The molecule has 0 aliphatic heterocycles. The van der Waals surface area contributed by atoms with Crippen LogP contribution in [0.5, 0.6) is 0 Å². The normalized spacial score (nSPS) is 12.9. The van der Waals surface area contributed by atoms with Gasteiger partial charge in [-0.25, -0.2) is 0 Å². The molecule has 0 nitrogen and oxygen atoms in total. The summed E-state index contributed by atoms with van der Waals surface area (Å²) in [7, 11) is 0. The van der Waals surface area contributed by atoms with E-state index in [1.807, 2.05) is 6.08 Å². The van der Waals surface area contributed by atoms with E-state index < -0.39 is 12.1 Å². The van der Waals surface area contributed by atoms with Gasteiger partial charge in [-0.05, 0) is 65.4 Å². The number of hydrogen-bond donors (Lipinski definition) is 0. The van der Waals surface area contributed by atoms with Crippen molar-refractivity contribution in [3.8, 4) is 0 Å². The summed E-state index contributed by atoms with van der Waals surface area (Å²) in [4.78, 5) is 0.938. The number of alkyl halides is 3. The second kappa shape index (κ2) is 11.7. The highest BCUT2D eigenvalue weighted by Crippen LogP contribution is 2.41. The van der Waals surface area contributed by atoms with E-state index in [4.69, 9.17) is 58.6 Å². The molecule has 0 N–H and O–H groups in total. The van der Waals surface area contributed by atoms with E-state index >= 15 is 0 Å². The van der Waals surface area contributed by atoms with Gasteiger partial charge in [0, 0.05) is 5.02 Å². The Hall–Kier alpha value is -1.04. The van der Waals surface area contributed by atoms with Gasteiger partial charge in [-0.3, -0.25) is 0 Å². The summed E-state index contributed by atoms with van der Waals surface area (Å²) in [5.74, 6) is -1.90. The lowest BCUT2D eigenvalue weighted by Gasteiger charge is -2.18. The van der Waals surface area contributed by atoms with Crippen LogP contribution >= 0.6 is 58.6 Å². The Balaban J connectivity index is 2.20. The molecule has 0 fully saturated rings. The van der Waals surface area contributed by atoms with Crippen LogP contribution in [0.1, 0.15) is 41.9 Å². The topological polar surface area (TPSA) is 0 Å². The van der Waals surface area contributed by atoms with Crippen LogP contribution in [0.4, 0.5) is 13.2 Å². The summed E-state index contributed by atoms with van der Waals surface area (Å²) in [5.41, 5.74) is 1.34. The summed E-state index contributed by atoms with van der Waals surface area (Å²) in [5, 5.41) is 0.425. The first-order valence-electron chi connectivity index (χ1n) is 9.33. The Morgan fingerprint density at radius 1 is 1.00 bits per heavy atom. The van der Waals surface area contributed by atoms with Crippen molar-refractivity contribution in [1.29, 1.82) is 0 Å². The van der Waals surface area contributed by atoms with Crippen LogP contribution in [0, 0.1) is 0 Å². The van der Waals surface area contributed by atoms with Gasteiger partial charge in [0.25, 0.3) is 0 Å². The van der Waals surface area contributed by atoms with Crippen LogP contribution in [0.15, 0.2) is 49.1 Å². The van der Waals surface area contributed by atoms with Crippen molar-refractivity contribution >= 4 is 69.6 Å². The van der Waals surface area contributed by atoms with Crippen molar-refractivity contribution in [2.24, 2.45) is 0 Å². The molecule has 0 heterocycles. The summed E-state index contributed by atoms with van der Waals surface area (Å²) < 4.78 is 41.0. The zero-order chi connectivity index (χ0) is 23.2. The van der Waals surface area contributed by atoms with Gasteiger partial charge in [-0.2, -0.15) is 13.2 Å². The van der Waals surface area contributed by atoms with Crippen molar-refractivity contribution in [3.05, 3.63) is 85.8 Å². The molecule has 0 aliphatic carbocycles. The fourth-order valence-electron chi connectivity index (χ4n) is 2.90. The zero-order valence-corrected chi connectivity index (χ0v) is 20.1. The molecule has 31 heavy (non-hydrogen) atoms. The Bertz CT molecular complexity index is 960. The fourth-order valence-corrected chi connectivity index (χ4v) is 4.02. The minimum Gasteiger partial charge on any atom is -0.170 e. The van der Waals surface area contributed by atoms with Gasteiger partial charge >= 0.3 is 6.18 Å². The first kappa shape index (κ1) is 26.2. The second-order valence-corrected chi connectivity index (χ2v) is 9.07. The zero-order valence-electron chi connectivity index (χ0n) is 16.3. The number of benzene rings is 2. The van der Waals surface area contributed by atoms with Crippen LogP contribution < -0.4 is 0 Å². The molecule has 0 aromatic heterocycles. The van der Waals surface area contributed by atoms with Crippen molar-refractivity contribution < 1.29 is 13.2 Å². The van der Waals surface area contributed by atoms with Crippen LogP contribution in [0.3, 0.4) is 0 Å². The Morgan fingerprint density at radius 3 is 2.19 bits per heavy atom. The van der Waals surface area contributed by atoms with Crippen LogP contribution in [-0.4, -0.2) is 11.0 Å². The third kappa shape index (κ3) is 7.80. The molecular weight excluding hydrogens is 507 g/mol. The molecule has 8 heteroatoms. The summed E-state index contributed by atoms with van der Waals surface area (Å²) >= 11 is 29.3. The predicted molar refractivity (Wildman–Crippen MR) is 131 cm³/mol. The quantitative estimate of drug-likeness (QED) is 0.178. The smallest absolute Gasteiger partial charge is 0.170 e. The molecule has 0 aliphatic rings. The molecule has 0 saturated heterocycles. The molecule has 0 amide bonds. The summed E-state index contributed by atoms with van der Waals surface area (Å²) in [6.07, 6.45) is 2.72. The standard InChI is InChI=1S/C23H19Cl4F3S/c1-2-3-4-17(31)9-8-15-7-5-14(11-19(15)24)6-10-18(23(28,29)30)16-12-20(25)22(27)21(26)13-16/h2,5-7,10-13,18H,1,3-4,8-9H2/b10-6+. The second-order valence-electron chi connectivity index (χ2n) is 6.89. The largest absolute Gasteiger partial charge is 0.399 e. The molecule has 1 atom stereocenters. The van der Waals surface area contributed by atoms with Crippen LogP contribution in [0.2, 0.25) is 20.1 Å². The van der Waals surface area contributed by atoms with Crippen LogP contribution in [-0.2, 0) is 6.42 Å². The highest BCUT2D eigenvalue weighted by molar-refractivity contribution is 7.80. The molecule has 166 valence electrons. The average molecular weight is 526 g/mol. The Morgan fingerprint density at radius 2 is 1.65 bits per heavy atom. The van der Waals surface area contributed by atoms with Gasteiger partial charge in [0.05, 0.1) is 21.0 Å². The van der Waals surface area contributed by atoms with Gasteiger partial charge in [0.15, 0.2) is 0 Å². The number of halogens is 7. The van der Waals surface area contributed by atoms with Gasteiger partial charge in [0.2, 0.25) is 0 Å². The molecule has 0 spiro atoms. The highest BCUT2D eigenvalue weighted by atomic mass is 35.5. The average Bonchev–Trinajstić information content (AvgIpc) is 2.68. The third-order valence-corrected chi connectivity index (χ3v) is 6.53. The monoisotopic (exact) mass is 524 g/mol. The summed E-state index contributed by atoms with van der Waals surface area (Å²) in [6, 6.07) is 7.50. The molecular formula is C23H19Cl4F3S. The van der Waals surface area contributed by atoms with Gasteiger partial charge in [-0.1, -0.05) is 89.0 Å². The third-order valence-electron chi connectivity index (χ3n) is 4.58. The van der Waals surface area contributed by atoms with E-state index in [1.54, 1.807) is 18.2 Å². The first-order chi connectivity index (χ1) is 14.5. The van der Waals surface area contributed by atoms with E-state index in [0.717, 1.165) is 29.3 Å². The maximum atomic E-state index is 13.7. The van der Waals surface area contributed by atoms with Gasteiger partial charge in [0.1, 0.15) is 0 Å².